The maximum atomic E-state index is 12.4. The first-order chi connectivity index (χ1) is 9.41. The number of nitrogens with zero attached hydrogens (tertiary/aromatic N) is 1. The molecule has 0 radical (unpaired) electrons. The number of carbonyl (C=O) groups excluding carboxylic acids is 1. The number of hydrogen-bond donors (Lipinski definition) is 2. The van der Waals surface area contributed by atoms with Gasteiger partial charge in [0.25, 0.3) is 0 Å². The van der Waals surface area contributed by atoms with Gasteiger partial charge in [-0.2, -0.15) is 0 Å². The molecule has 1 aliphatic heterocycles. The summed E-state index contributed by atoms with van der Waals surface area (Å²) in [5, 5.41) is 20.3. The summed E-state index contributed by atoms with van der Waals surface area (Å²) in [6.45, 7) is 7.26. The van der Waals surface area contributed by atoms with Crippen LogP contribution in [-0.2, 0) is 4.79 Å². The van der Waals surface area contributed by atoms with Crippen molar-refractivity contribution in [2.24, 2.45) is 5.92 Å². The highest BCUT2D eigenvalue weighted by atomic mass is 16.3. The topological polar surface area (TPSA) is 60.8 Å². The Bertz CT molecular complexity index is 298. The van der Waals surface area contributed by atoms with Crippen molar-refractivity contribution < 1.29 is 15.0 Å². The zero-order valence-corrected chi connectivity index (χ0v) is 13.3. The number of carbonyl (C=O) groups is 1. The van der Waals surface area contributed by atoms with Gasteiger partial charge in [-0.3, -0.25) is 4.79 Å². The molecule has 118 valence electrons. The molecule has 0 aliphatic carbocycles. The summed E-state index contributed by atoms with van der Waals surface area (Å²) in [5.74, 6) is 0.220. The van der Waals surface area contributed by atoms with E-state index in [4.69, 9.17) is 0 Å². The van der Waals surface area contributed by atoms with Crippen LogP contribution in [0.25, 0.3) is 0 Å². The lowest BCUT2D eigenvalue weighted by molar-refractivity contribution is -0.139. The molecule has 0 saturated carbocycles. The second kappa shape index (κ2) is 7.99. The smallest absolute Gasteiger partial charge is 0.225 e. The van der Waals surface area contributed by atoms with Crippen LogP contribution in [0.15, 0.2) is 0 Å². The zero-order chi connectivity index (χ0) is 15.2. The van der Waals surface area contributed by atoms with Gasteiger partial charge in [0.05, 0.1) is 18.1 Å². The van der Waals surface area contributed by atoms with E-state index in [-0.39, 0.29) is 24.3 Å². The number of rotatable bonds is 7. The van der Waals surface area contributed by atoms with Crippen molar-refractivity contribution in [1.29, 1.82) is 0 Å². The van der Waals surface area contributed by atoms with Crippen molar-refractivity contribution in [3.05, 3.63) is 0 Å². The van der Waals surface area contributed by atoms with E-state index in [0.29, 0.717) is 19.4 Å². The molecule has 0 aromatic carbocycles. The van der Waals surface area contributed by atoms with Crippen LogP contribution in [-0.4, -0.2) is 45.8 Å². The fraction of sp³-hybridized carbons (Fsp3) is 0.938. The monoisotopic (exact) mass is 285 g/mol. The number of aliphatic hydroxyl groups excluding tert-OH is 1. The molecular weight excluding hydrogens is 254 g/mol. The molecule has 1 saturated heterocycles. The van der Waals surface area contributed by atoms with Crippen molar-refractivity contribution in [3.8, 4) is 0 Å². The highest BCUT2D eigenvalue weighted by Crippen LogP contribution is 2.26. The SMILES string of the molecule is CCCC(O)(CCC)CC(=O)N1CCCC(C(C)O)C1. The van der Waals surface area contributed by atoms with Crippen LogP contribution >= 0.6 is 0 Å². The Morgan fingerprint density at radius 3 is 2.45 bits per heavy atom. The lowest BCUT2D eigenvalue weighted by Gasteiger charge is -2.36. The fourth-order valence-corrected chi connectivity index (χ4v) is 3.26. The standard InChI is InChI=1S/C16H31NO3/c1-4-8-16(20,9-5-2)11-15(19)17-10-6-7-14(12-17)13(3)18/h13-14,18,20H,4-12H2,1-3H3. The van der Waals surface area contributed by atoms with Crippen LogP contribution in [0.1, 0.15) is 65.7 Å². The van der Waals surface area contributed by atoms with Crippen molar-refractivity contribution in [2.75, 3.05) is 13.1 Å². The summed E-state index contributed by atoms with van der Waals surface area (Å²) in [6, 6.07) is 0. The van der Waals surface area contributed by atoms with Crippen LogP contribution < -0.4 is 0 Å². The highest BCUT2D eigenvalue weighted by molar-refractivity contribution is 5.77. The number of hydrogen-bond acceptors (Lipinski definition) is 3. The average molecular weight is 285 g/mol. The Balaban J connectivity index is 2.59. The third-order valence-electron chi connectivity index (χ3n) is 4.40. The van der Waals surface area contributed by atoms with E-state index < -0.39 is 5.60 Å². The summed E-state index contributed by atoms with van der Waals surface area (Å²) in [6.07, 6.45) is 4.93. The Kier molecular flexibility index (Phi) is 6.96. The molecule has 2 N–H and O–H groups in total. The molecule has 1 heterocycles. The van der Waals surface area contributed by atoms with Crippen LogP contribution in [0.4, 0.5) is 0 Å². The van der Waals surface area contributed by atoms with Gasteiger partial charge >= 0.3 is 0 Å². The minimum Gasteiger partial charge on any atom is -0.393 e. The molecule has 4 nitrogen and oxygen atoms in total. The number of aliphatic hydroxyl groups is 2. The number of piperidine rings is 1. The Morgan fingerprint density at radius 1 is 1.35 bits per heavy atom. The molecule has 0 bridgehead atoms. The first kappa shape index (κ1) is 17.4. The van der Waals surface area contributed by atoms with E-state index in [9.17, 15) is 15.0 Å². The van der Waals surface area contributed by atoms with Crippen molar-refractivity contribution in [2.45, 2.75) is 77.4 Å². The van der Waals surface area contributed by atoms with Gasteiger partial charge in [0.2, 0.25) is 5.91 Å². The van der Waals surface area contributed by atoms with Gasteiger partial charge in [-0.05, 0) is 32.6 Å². The summed E-state index contributed by atoms with van der Waals surface area (Å²) in [4.78, 5) is 14.2. The van der Waals surface area contributed by atoms with Crippen LogP contribution in [0, 0.1) is 5.92 Å². The fourth-order valence-electron chi connectivity index (χ4n) is 3.26. The van der Waals surface area contributed by atoms with E-state index in [2.05, 4.69) is 0 Å². The molecule has 0 aromatic heterocycles. The second-order valence-electron chi connectivity index (χ2n) is 6.38. The van der Waals surface area contributed by atoms with E-state index in [1.807, 2.05) is 18.7 Å². The Morgan fingerprint density at radius 2 is 1.95 bits per heavy atom. The second-order valence-corrected chi connectivity index (χ2v) is 6.38. The van der Waals surface area contributed by atoms with E-state index in [1.54, 1.807) is 6.92 Å². The third kappa shape index (κ3) is 5.06. The minimum atomic E-state index is -0.849. The average Bonchev–Trinajstić information content (AvgIpc) is 2.39. The molecule has 1 amide bonds. The quantitative estimate of drug-likeness (QED) is 0.754. The van der Waals surface area contributed by atoms with E-state index in [1.165, 1.54) is 0 Å². The van der Waals surface area contributed by atoms with E-state index in [0.717, 1.165) is 32.2 Å². The summed E-state index contributed by atoms with van der Waals surface area (Å²) in [7, 11) is 0. The molecule has 1 rings (SSSR count). The molecule has 20 heavy (non-hydrogen) atoms. The summed E-state index contributed by atoms with van der Waals surface area (Å²) >= 11 is 0. The lowest BCUT2D eigenvalue weighted by Crippen LogP contribution is -2.46. The third-order valence-corrected chi connectivity index (χ3v) is 4.40. The van der Waals surface area contributed by atoms with Gasteiger partial charge in [-0.15, -0.1) is 0 Å². The molecule has 2 unspecified atom stereocenters. The minimum absolute atomic E-state index is 0.0414. The largest absolute Gasteiger partial charge is 0.393 e. The van der Waals surface area contributed by atoms with Crippen molar-refractivity contribution in [3.63, 3.8) is 0 Å². The van der Waals surface area contributed by atoms with Crippen LogP contribution in [0.2, 0.25) is 0 Å². The normalized spacial score (nSPS) is 21.9. The molecule has 1 aliphatic rings. The summed E-state index contributed by atoms with van der Waals surface area (Å²) in [5.41, 5.74) is -0.849. The Labute approximate surface area is 123 Å². The van der Waals surface area contributed by atoms with Gasteiger partial charge in [-0.1, -0.05) is 26.7 Å². The van der Waals surface area contributed by atoms with Crippen molar-refractivity contribution >= 4 is 5.91 Å². The Hall–Kier alpha value is -0.610. The van der Waals surface area contributed by atoms with Gasteiger partial charge in [0.15, 0.2) is 0 Å². The number of likely N-dealkylation sites (tertiary alicyclic amines) is 1. The van der Waals surface area contributed by atoms with Gasteiger partial charge in [0, 0.05) is 19.0 Å². The molecular formula is C16H31NO3. The van der Waals surface area contributed by atoms with Crippen LogP contribution in [0.5, 0.6) is 0 Å². The lowest BCUT2D eigenvalue weighted by atomic mass is 9.87. The molecule has 4 heteroatoms. The first-order valence-electron chi connectivity index (χ1n) is 8.10. The van der Waals surface area contributed by atoms with Gasteiger partial charge in [0.1, 0.15) is 0 Å². The number of amides is 1. The van der Waals surface area contributed by atoms with Crippen molar-refractivity contribution in [1.82, 2.24) is 4.90 Å². The maximum Gasteiger partial charge on any atom is 0.225 e. The first-order valence-corrected chi connectivity index (χ1v) is 8.10. The zero-order valence-electron chi connectivity index (χ0n) is 13.3. The molecule has 0 spiro atoms. The van der Waals surface area contributed by atoms with Gasteiger partial charge < -0.3 is 15.1 Å². The highest BCUT2D eigenvalue weighted by Gasteiger charge is 2.33. The van der Waals surface area contributed by atoms with Crippen LogP contribution in [0.3, 0.4) is 0 Å². The predicted molar refractivity (Wildman–Crippen MR) is 80.4 cm³/mol. The molecule has 1 fully saturated rings. The molecule has 2 atom stereocenters. The maximum absolute atomic E-state index is 12.4. The predicted octanol–water partition coefficient (Wildman–Crippen LogP) is 2.33. The summed E-state index contributed by atoms with van der Waals surface area (Å²) < 4.78 is 0. The van der Waals surface area contributed by atoms with E-state index >= 15 is 0 Å². The van der Waals surface area contributed by atoms with Gasteiger partial charge in [-0.25, -0.2) is 0 Å². The molecule has 0 aromatic rings.